The second kappa shape index (κ2) is 17.9. The monoisotopic (exact) mass is 657 g/mol. The molecule has 2 aromatic rings. The molecule has 1 unspecified atom stereocenters. The number of benzene rings is 1. The number of amides is 3. The maximum Gasteiger partial charge on any atom is 0.239 e. The Morgan fingerprint density at radius 2 is 1.83 bits per heavy atom. The van der Waals surface area contributed by atoms with Crippen LogP contribution in [-0.2, 0) is 30.3 Å². The van der Waals surface area contributed by atoms with Crippen LogP contribution >= 0.6 is 11.3 Å². The number of nitrogens with zero attached hydrogens (tertiary/aromatic N) is 3. The molecule has 11 heteroatoms. The van der Waals surface area contributed by atoms with Gasteiger partial charge in [0.25, 0.3) is 0 Å². The number of carbonyl (C=O) groups excluding carboxylic acids is 3. The summed E-state index contributed by atoms with van der Waals surface area (Å²) in [4.78, 5) is 49.0. The van der Waals surface area contributed by atoms with Crippen LogP contribution in [0.2, 0.25) is 0 Å². The number of carbonyl (C=O) groups is 3. The lowest BCUT2D eigenvalue weighted by Gasteiger charge is -2.40. The van der Waals surface area contributed by atoms with Crippen molar-refractivity contribution in [3.63, 3.8) is 0 Å². The van der Waals surface area contributed by atoms with Crippen molar-refractivity contribution in [2.24, 2.45) is 23.5 Å². The van der Waals surface area contributed by atoms with E-state index in [1.807, 2.05) is 61.4 Å². The lowest BCUT2D eigenvalue weighted by Crippen LogP contribution is -2.56. The van der Waals surface area contributed by atoms with Crippen LogP contribution < -0.4 is 11.1 Å². The first-order valence-corrected chi connectivity index (χ1v) is 17.4. The normalized spacial score (nSPS) is 19.6. The molecule has 0 aliphatic carbocycles. The number of nitrogens with two attached hydrogens (primary N) is 1. The predicted molar refractivity (Wildman–Crippen MR) is 182 cm³/mol. The Balaban J connectivity index is 1.75. The van der Waals surface area contributed by atoms with Crippen LogP contribution in [0.4, 0.5) is 0 Å². The van der Waals surface area contributed by atoms with Crippen LogP contribution in [0.5, 0.6) is 0 Å². The third-order valence-electron chi connectivity index (χ3n) is 9.61. The summed E-state index contributed by atoms with van der Waals surface area (Å²) in [7, 11) is 4.95. The van der Waals surface area contributed by atoms with Crippen LogP contribution in [0.25, 0.3) is 0 Å². The minimum absolute atomic E-state index is 0.0131. The lowest BCUT2D eigenvalue weighted by atomic mass is 9.89. The Hall–Kier alpha value is -2.86. The number of hydrogen-bond donors (Lipinski definition) is 2. The molecule has 0 spiro atoms. The van der Waals surface area contributed by atoms with Crippen molar-refractivity contribution < 1.29 is 23.9 Å². The molecule has 1 fully saturated rings. The van der Waals surface area contributed by atoms with Crippen LogP contribution in [0.15, 0.2) is 41.9 Å². The molecule has 0 bridgehead atoms. The predicted octanol–water partition coefficient (Wildman–Crippen LogP) is 4.45. The van der Waals surface area contributed by atoms with Gasteiger partial charge >= 0.3 is 0 Å². The number of aromatic nitrogens is 1. The van der Waals surface area contributed by atoms with E-state index >= 15 is 0 Å². The van der Waals surface area contributed by atoms with E-state index in [9.17, 15) is 14.4 Å². The summed E-state index contributed by atoms with van der Waals surface area (Å²) in [6.07, 6.45) is 3.81. The molecule has 46 heavy (non-hydrogen) atoms. The van der Waals surface area contributed by atoms with E-state index in [0.29, 0.717) is 13.0 Å². The van der Waals surface area contributed by atoms with Gasteiger partial charge in [-0.3, -0.25) is 14.4 Å². The summed E-state index contributed by atoms with van der Waals surface area (Å²) in [6.45, 7) is 10.4. The van der Waals surface area contributed by atoms with E-state index < -0.39 is 24.2 Å². The molecule has 1 aliphatic rings. The van der Waals surface area contributed by atoms with Crippen LogP contribution in [0.1, 0.15) is 76.9 Å². The van der Waals surface area contributed by atoms with Crippen molar-refractivity contribution >= 4 is 29.1 Å². The van der Waals surface area contributed by atoms with Gasteiger partial charge in [0.2, 0.25) is 17.7 Å². The van der Waals surface area contributed by atoms with Gasteiger partial charge in [-0.15, -0.1) is 11.3 Å². The van der Waals surface area contributed by atoms with Crippen LogP contribution in [0, 0.1) is 17.8 Å². The standard InChI is InChI=1S/C35H55N5O5S/c1-9-23(4)31(39(6)35(43)30(36)22(2)3)28(44-7)21-29(41)40-18-13-16-27(40)32(45-8)24(5)33(42)38-26(34-37-17-19-46-34)20-25-14-11-10-12-15-25/h10-12,14-15,17,19,22-24,26-28,30-32H,9,13,16,18,20-21,36H2,1-8H3,(H,38,42)/t23-,24?,26-,27-,28+,30-,31-,32+/m0/s1. The van der Waals surface area contributed by atoms with E-state index in [-0.39, 0.29) is 54.1 Å². The third-order valence-corrected chi connectivity index (χ3v) is 10.5. The molecule has 1 saturated heterocycles. The molecular weight excluding hydrogens is 602 g/mol. The highest BCUT2D eigenvalue weighted by atomic mass is 32.1. The number of methoxy groups -OCH3 is 2. The minimum atomic E-state index is -0.634. The first kappa shape index (κ1) is 37.6. The van der Waals surface area contributed by atoms with Gasteiger partial charge in [-0.1, -0.05) is 71.4 Å². The Bertz CT molecular complexity index is 1230. The highest BCUT2D eigenvalue weighted by Crippen LogP contribution is 2.30. The van der Waals surface area contributed by atoms with E-state index in [1.54, 1.807) is 32.4 Å². The van der Waals surface area contributed by atoms with Gasteiger partial charge in [-0.05, 0) is 36.7 Å². The molecule has 1 aromatic carbocycles. The number of thiazole rings is 1. The largest absolute Gasteiger partial charge is 0.379 e. The number of likely N-dealkylation sites (N-methyl/N-ethyl adjacent to an activating group) is 1. The van der Waals surface area contributed by atoms with Crippen LogP contribution in [-0.4, -0.2) is 90.7 Å². The van der Waals surface area contributed by atoms with Crippen molar-refractivity contribution in [1.29, 1.82) is 0 Å². The summed E-state index contributed by atoms with van der Waals surface area (Å²) in [5, 5.41) is 5.98. The van der Waals surface area contributed by atoms with Gasteiger partial charge in [-0.2, -0.15) is 0 Å². The third kappa shape index (κ3) is 9.36. The second-order valence-corrected chi connectivity index (χ2v) is 13.9. The fraction of sp³-hybridized carbons (Fsp3) is 0.657. The number of hydrogen-bond acceptors (Lipinski definition) is 8. The van der Waals surface area contributed by atoms with Gasteiger partial charge in [0.05, 0.1) is 48.7 Å². The maximum atomic E-state index is 14.0. The lowest BCUT2D eigenvalue weighted by molar-refractivity contribution is -0.146. The maximum absolute atomic E-state index is 14.0. The van der Waals surface area contributed by atoms with Gasteiger partial charge in [0.15, 0.2) is 0 Å². The fourth-order valence-corrected chi connectivity index (χ4v) is 7.28. The van der Waals surface area contributed by atoms with Gasteiger partial charge in [0, 0.05) is 39.4 Å². The Morgan fingerprint density at radius 3 is 2.39 bits per heavy atom. The van der Waals surface area contributed by atoms with Crippen molar-refractivity contribution in [2.75, 3.05) is 27.8 Å². The van der Waals surface area contributed by atoms with Crippen molar-refractivity contribution in [2.45, 2.75) is 103 Å². The summed E-state index contributed by atoms with van der Waals surface area (Å²) in [5.41, 5.74) is 7.35. The number of rotatable bonds is 17. The second-order valence-electron chi connectivity index (χ2n) is 13.0. The molecule has 10 nitrogen and oxygen atoms in total. The summed E-state index contributed by atoms with van der Waals surface area (Å²) >= 11 is 1.51. The molecule has 3 rings (SSSR count). The van der Waals surface area contributed by atoms with Crippen molar-refractivity contribution in [1.82, 2.24) is 20.1 Å². The molecule has 0 saturated carbocycles. The van der Waals surface area contributed by atoms with E-state index in [2.05, 4.69) is 24.1 Å². The molecule has 8 atom stereocenters. The zero-order valence-corrected chi connectivity index (χ0v) is 29.7. The molecule has 256 valence electrons. The summed E-state index contributed by atoms with van der Waals surface area (Å²) in [5.74, 6) is -0.824. The van der Waals surface area contributed by atoms with Crippen molar-refractivity contribution in [3.05, 3.63) is 52.5 Å². The summed E-state index contributed by atoms with van der Waals surface area (Å²) in [6, 6.07) is 8.53. The highest BCUT2D eigenvalue weighted by Gasteiger charge is 2.42. The first-order valence-electron chi connectivity index (χ1n) is 16.6. The highest BCUT2D eigenvalue weighted by molar-refractivity contribution is 7.09. The Morgan fingerprint density at radius 1 is 1.13 bits per heavy atom. The molecule has 2 heterocycles. The van der Waals surface area contributed by atoms with E-state index in [1.165, 1.54) is 11.3 Å². The molecule has 3 amide bonds. The minimum Gasteiger partial charge on any atom is -0.379 e. The molecule has 1 aliphatic heterocycles. The summed E-state index contributed by atoms with van der Waals surface area (Å²) < 4.78 is 11.9. The van der Waals surface area contributed by atoms with Gasteiger partial charge in [-0.25, -0.2) is 4.98 Å². The quantitative estimate of drug-likeness (QED) is 0.258. The van der Waals surface area contributed by atoms with Crippen molar-refractivity contribution in [3.8, 4) is 0 Å². The van der Waals surface area contributed by atoms with Crippen LogP contribution in [0.3, 0.4) is 0 Å². The SMILES string of the molecule is CC[C@H](C)[C@@H]([C@@H](CC(=O)N1CCC[C@H]1[C@H](OC)C(C)C(=O)N[C@@H](Cc1ccccc1)c1nccs1)OC)N(C)C(=O)[C@@H](N)C(C)C. The number of likely N-dealkylation sites (tertiary alicyclic amines) is 1. The van der Waals surface area contributed by atoms with Gasteiger partial charge < -0.3 is 30.3 Å². The average Bonchev–Trinajstić information content (AvgIpc) is 3.77. The average molecular weight is 658 g/mol. The molecular formula is C35H55N5O5S. The van der Waals surface area contributed by atoms with E-state index in [0.717, 1.165) is 29.8 Å². The topological polar surface area (TPSA) is 127 Å². The Kier molecular flexibility index (Phi) is 14.6. The Labute approximate surface area is 279 Å². The molecule has 1 aromatic heterocycles. The van der Waals surface area contributed by atoms with Gasteiger partial charge in [0.1, 0.15) is 5.01 Å². The molecule has 3 N–H and O–H groups in total. The zero-order chi connectivity index (χ0) is 34.0. The number of ether oxygens (including phenoxy) is 2. The number of nitrogens with one attached hydrogen (secondary N) is 1. The smallest absolute Gasteiger partial charge is 0.239 e. The van der Waals surface area contributed by atoms with E-state index in [4.69, 9.17) is 15.2 Å². The first-order chi connectivity index (χ1) is 21.9. The zero-order valence-electron chi connectivity index (χ0n) is 28.8. The fourth-order valence-electron chi connectivity index (χ4n) is 6.59. The molecule has 0 radical (unpaired) electrons.